The van der Waals surface area contributed by atoms with E-state index in [2.05, 4.69) is 29.6 Å². The summed E-state index contributed by atoms with van der Waals surface area (Å²) in [5.74, 6) is 3.14. The second-order valence-corrected chi connectivity index (χ2v) is 10.5. The highest BCUT2D eigenvalue weighted by atomic mass is 16.3. The van der Waals surface area contributed by atoms with Gasteiger partial charge in [-0.1, -0.05) is 12.1 Å². The minimum atomic E-state index is -0.315. The number of amides is 2. The van der Waals surface area contributed by atoms with Crippen LogP contribution in [0.25, 0.3) is 0 Å². The van der Waals surface area contributed by atoms with E-state index in [1.807, 2.05) is 12.1 Å². The minimum Gasteiger partial charge on any atom is -0.467 e. The fraction of sp³-hybridized carbons (Fsp3) is 0.538. The zero-order valence-corrected chi connectivity index (χ0v) is 17.9. The molecule has 1 unspecified atom stereocenters. The van der Waals surface area contributed by atoms with Crippen molar-refractivity contribution in [2.75, 3.05) is 11.9 Å². The summed E-state index contributed by atoms with van der Waals surface area (Å²) in [6, 6.07) is 12.3. The Kier molecular flexibility index (Phi) is 4.48. The van der Waals surface area contributed by atoms with Crippen LogP contribution in [0.1, 0.15) is 56.3 Å². The van der Waals surface area contributed by atoms with Crippen molar-refractivity contribution in [2.45, 2.75) is 56.9 Å². The Morgan fingerprint density at radius 3 is 2.32 bits per heavy atom. The molecule has 1 saturated heterocycles. The van der Waals surface area contributed by atoms with Crippen molar-refractivity contribution >= 4 is 17.5 Å². The van der Waals surface area contributed by atoms with Crippen LogP contribution in [0.2, 0.25) is 0 Å². The molecule has 2 aromatic rings. The summed E-state index contributed by atoms with van der Waals surface area (Å²) in [5.41, 5.74) is 2.67. The van der Waals surface area contributed by atoms with Crippen molar-refractivity contribution in [3.63, 3.8) is 0 Å². The minimum absolute atomic E-state index is 0.00807. The molecule has 5 nitrogen and oxygen atoms in total. The predicted octanol–water partition coefficient (Wildman–Crippen LogP) is 4.73. The van der Waals surface area contributed by atoms with E-state index in [9.17, 15) is 9.59 Å². The Hall–Kier alpha value is -2.56. The number of rotatable bonds is 5. The zero-order chi connectivity index (χ0) is 21.0. The van der Waals surface area contributed by atoms with Crippen molar-refractivity contribution in [3.05, 3.63) is 54.0 Å². The van der Waals surface area contributed by atoms with Gasteiger partial charge in [-0.25, -0.2) is 0 Å². The molecule has 7 rings (SSSR count). The highest BCUT2D eigenvalue weighted by Gasteiger charge is 2.51. The Balaban J connectivity index is 1.10. The van der Waals surface area contributed by atoms with Gasteiger partial charge in [0.25, 0.3) is 0 Å². The first-order valence-corrected chi connectivity index (χ1v) is 11.8. The van der Waals surface area contributed by atoms with Crippen molar-refractivity contribution in [1.82, 2.24) is 4.90 Å². The number of carbonyl (C=O) groups excluding carboxylic acids is 2. The maximum atomic E-state index is 12.8. The molecular weight excluding hydrogens is 388 g/mol. The van der Waals surface area contributed by atoms with Crippen molar-refractivity contribution in [2.24, 2.45) is 23.7 Å². The molecule has 0 radical (unpaired) electrons. The molecule has 2 amide bonds. The number of hydrogen-bond acceptors (Lipinski definition) is 3. The van der Waals surface area contributed by atoms with Crippen molar-refractivity contribution in [1.29, 1.82) is 0 Å². The topological polar surface area (TPSA) is 62.6 Å². The summed E-state index contributed by atoms with van der Waals surface area (Å²) >= 11 is 0. The highest BCUT2D eigenvalue weighted by Crippen LogP contribution is 2.60. The van der Waals surface area contributed by atoms with E-state index in [4.69, 9.17) is 4.42 Å². The normalized spacial score (nSPS) is 33.8. The van der Waals surface area contributed by atoms with Gasteiger partial charge in [-0.05, 0) is 91.5 Å². The van der Waals surface area contributed by atoms with Crippen LogP contribution in [0.5, 0.6) is 0 Å². The molecule has 0 spiro atoms. The predicted molar refractivity (Wildman–Crippen MR) is 117 cm³/mol. The van der Waals surface area contributed by atoms with Gasteiger partial charge in [-0.15, -0.1) is 0 Å². The highest BCUT2D eigenvalue weighted by molar-refractivity contribution is 5.97. The van der Waals surface area contributed by atoms with Crippen LogP contribution in [0.3, 0.4) is 0 Å². The van der Waals surface area contributed by atoms with E-state index in [0.717, 1.165) is 29.2 Å². The van der Waals surface area contributed by atoms with Gasteiger partial charge in [0.15, 0.2) is 0 Å². The van der Waals surface area contributed by atoms with Gasteiger partial charge in [-0.2, -0.15) is 0 Å². The van der Waals surface area contributed by atoms with E-state index >= 15 is 0 Å². The lowest BCUT2D eigenvalue weighted by atomic mass is 9.48. The quantitative estimate of drug-likeness (QED) is 0.763. The molecule has 4 saturated carbocycles. The molecule has 5 heteroatoms. The van der Waals surface area contributed by atoms with E-state index in [1.54, 1.807) is 11.2 Å². The Labute approximate surface area is 183 Å². The van der Waals surface area contributed by atoms with Crippen molar-refractivity contribution in [3.8, 4) is 0 Å². The SMILES string of the molecule is O=C(Nc1ccc(C23CC4CC(CC(C4)C2)C3)cc1)C1CC(=O)N(Cc2ccco2)C1. The zero-order valence-electron chi connectivity index (χ0n) is 17.9. The average Bonchev–Trinajstić information content (AvgIpc) is 3.38. The molecule has 5 aliphatic rings. The van der Waals surface area contributed by atoms with Gasteiger partial charge in [0.05, 0.1) is 18.7 Å². The van der Waals surface area contributed by atoms with Gasteiger partial charge >= 0.3 is 0 Å². The molecule has 1 aromatic heterocycles. The van der Waals surface area contributed by atoms with Gasteiger partial charge in [0.1, 0.15) is 5.76 Å². The fourth-order valence-corrected chi connectivity index (χ4v) is 7.31. The second-order valence-electron chi connectivity index (χ2n) is 10.5. The molecule has 1 atom stereocenters. The lowest BCUT2D eigenvalue weighted by molar-refractivity contribution is -0.128. The van der Waals surface area contributed by atoms with Crippen LogP contribution in [0.15, 0.2) is 47.1 Å². The number of nitrogens with zero attached hydrogens (tertiary/aromatic N) is 1. The van der Waals surface area contributed by atoms with E-state index in [0.29, 0.717) is 18.5 Å². The number of likely N-dealkylation sites (tertiary alicyclic amines) is 1. The van der Waals surface area contributed by atoms with Crippen LogP contribution >= 0.6 is 0 Å². The van der Waals surface area contributed by atoms with Crippen LogP contribution in [-0.2, 0) is 21.5 Å². The summed E-state index contributed by atoms with van der Waals surface area (Å²) in [5, 5.41) is 3.04. The number of carbonyl (C=O) groups is 2. The third-order valence-electron chi connectivity index (χ3n) is 8.32. The third kappa shape index (κ3) is 3.48. The Morgan fingerprint density at radius 1 is 1.03 bits per heavy atom. The monoisotopic (exact) mass is 418 g/mol. The van der Waals surface area contributed by atoms with Crippen LogP contribution in [0, 0.1) is 23.7 Å². The van der Waals surface area contributed by atoms with Gasteiger partial charge in [0, 0.05) is 18.7 Å². The molecule has 4 bridgehead atoms. The van der Waals surface area contributed by atoms with Crippen molar-refractivity contribution < 1.29 is 14.0 Å². The summed E-state index contributed by atoms with van der Waals surface area (Å²) in [6.45, 7) is 0.867. The molecule has 1 aliphatic heterocycles. The largest absolute Gasteiger partial charge is 0.467 e. The summed E-state index contributed by atoms with van der Waals surface area (Å²) in [6.07, 6.45) is 10.3. The van der Waals surface area contributed by atoms with E-state index < -0.39 is 0 Å². The molecular formula is C26H30N2O3. The molecule has 2 heterocycles. The maximum Gasteiger partial charge on any atom is 0.229 e. The van der Waals surface area contributed by atoms with Gasteiger partial charge in [-0.3, -0.25) is 9.59 Å². The Morgan fingerprint density at radius 2 is 1.71 bits per heavy atom. The molecule has 1 N–H and O–H groups in total. The van der Waals surface area contributed by atoms with Crippen LogP contribution < -0.4 is 5.32 Å². The first kappa shape index (κ1) is 19.1. The first-order valence-electron chi connectivity index (χ1n) is 11.8. The number of hydrogen-bond donors (Lipinski definition) is 1. The number of anilines is 1. The Bertz CT molecular complexity index is 943. The molecule has 5 fully saturated rings. The van der Waals surface area contributed by atoms with E-state index in [-0.39, 0.29) is 24.2 Å². The molecule has 4 aliphatic carbocycles. The number of nitrogens with one attached hydrogen (secondary N) is 1. The molecule has 1 aromatic carbocycles. The summed E-state index contributed by atoms with van der Waals surface area (Å²) in [4.78, 5) is 26.8. The standard InChI is InChI=1S/C26H30N2O3/c29-24-11-20(15-28(24)16-23-2-1-7-31-23)25(30)27-22-5-3-21(4-6-22)26-12-17-8-18(13-26)10-19(9-17)14-26/h1-7,17-20H,8-16H2,(H,27,30). The summed E-state index contributed by atoms with van der Waals surface area (Å²) in [7, 11) is 0. The smallest absolute Gasteiger partial charge is 0.229 e. The number of benzene rings is 1. The number of furan rings is 1. The van der Waals surface area contributed by atoms with Gasteiger partial charge < -0.3 is 14.6 Å². The second kappa shape index (κ2) is 7.25. The fourth-order valence-electron chi connectivity index (χ4n) is 7.31. The van der Waals surface area contributed by atoms with Crippen LogP contribution in [0.4, 0.5) is 5.69 Å². The van der Waals surface area contributed by atoms with Gasteiger partial charge in [0.2, 0.25) is 11.8 Å². The summed E-state index contributed by atoms with van der Waals surface area (Å²) < 4.78 is 5.34. The molecule has 31 heavy (non-hydrogen) atoms. The first-order chi connectivity index (χ1) is 15.1. The molecule has 162 valence electrons. The maximum absolute atomic E-state index is 12.8. The lowest BCUT2D eigenvalue weighted by Crippen LogP contribution is -2.48. The third-order valence-corrected chi connectivity index (χ3v) is 8.32. The average molecular weight is 419 g/mol. The van der Waals surface area contributed by atoms with E-state index in [1.165, 1.54) is 44.1 Å². The van der Waals surface area contributed by atoms with Crippen LogP contribution in [-0.4, -0.2) is 23.3 Å². The lowest BCUT2D eigenvalue weighted by Gasteiger charge is -2.57.